The standard InChI is InChI=1S/C21H23FN4S/c1-25(2)18-6-3-5-16(14-18)19-7-4-12-26(19)21-24-23-20(27-21)13-15-8-10-17(22)11-9-15/h3,5-6,8-11,14,19H,4,7,12-13H2,1-2H3. The predicted molar refractivity (Wildman–Crippen MR) is 109 cm³/mol. The van der Waals surface area contributed by atoms with E-state index in [-0.39, 0.29) is 5.82 Å². The molecule has 0 saturated carbocycles. The van der Waals surface area contributed by atoms with Crippen LogP contribution in [0.25, 0.3) is 0 Å². The van der Waals surface area contributed by atoms with Crippen molar-refractivity contribution in [1.29, 1.82) is 0 Å². The summed E-state index contributed by atoms with van der Waals surface area (Å²) < 4.78 is 13.1. The topological polar surface area (TPSA) is 32.3 Å². The Bertz CT molecular complexity index is 907. The Morgan fingerprint density at radius 3 is 2.74 bits per heavy atom. The molecule has 0 aliphatic carbocycles. The quantitative estimate of drug-likeness (QED) is 0.642. The van der Waals surface area contributed by atoms with E-state index in [1.54, 1.807) is 11.3 Å². The lowest BCUT2D eigenvalue weighted by atomic mass is 10.0. The number of benzene rings is 2. The summed E-state index contributed by atoms with van der Waals surface area (Å²) in [6.45, 7) is 1.00. The second-order valence-electron chi connectivity index (χ2n) is 7.12. The molecular formula is C21H23FN4S. The fraction of sp³-hybridized carbons (Fsp3) is 0.333. The van der Waals surface area contributed by atoms with Crippen LogP contribution in [0.3, 0.4) is 0 Å². The highest BCUT2D eigenvalue weighted by Crippen LogP contribution is 2.38. The molecule has 0 radical (unpaired) electrons. The van der Waals surface area contributed by atoms with E-state index in [1.165, 1.54) is 23.4 Å². The van der Waals surface area contributed by atoms with Gasteiger partial charge in [0.25, 0.3) is 0 Å². The minimum absolute atomic E-state index is 0.212. The third kappa shape index (κ3) is 3.95. The van der Waals surface area contributed by atoms with Crippen LogP contribution in [0.4, 0.5) is 15.2 Å². The maximum absolute atomic E-state index is 13.1. The Morgan fingerprint density at radius 2 is 1.96 bits per heavy atom. The summed E-state index contributed by atoms with van der Waals surface area (Å²) in [6.07, 6.45) is 2.97. The lowest BCUT2D eigenvalue weighted by molar-refractivity contribution is 0.627. The van der Waals surface area contributed by atoms with E-state index in [1.807, 2.05) is 12.1 Å². The first kappa shape index (κ1) is 17.9. The molecule has 0 N–H and O–H groups in total. The van der Waals surface area contributed by atoms with Crippen molar-refractivity contribution in [1.82, 2.24) is 10.2 Å². The van der Waals surface area contributed by atoms with E-state index >= 15 is 0 Å². The van der Waals surface area contributed by atoms with E-state index in [2.05, 4.69) is 58.4 Å². The van der Waals surface area contributed by atoms with Gasteiger partial charge in [-0.25, -0.2) is 4.39 Å². The van der Waals surface area contributed by atoms with E-state index < -0.39 is 0 Å². The number of rotatable bonds is 5. The van der Waals surface area contributed by atoms with Crippen molar-refractivity contribution in [2.75, 3.05) is 30.4 Å². The zero-order valence-corrected chi connectivity index (χ0v) is 16.4. The highest BCUT2D eigenvalue weighted by molar-refractivity contribution is 7.15. The Kier molecular flexibility index (Phi) is 5.07. The van der Waals surface area contributed by atoms with Gasteiger partial charge in [-0.15, -0.1) is 10.2 Å². The highest BCUT2D eigenvalue weighted by Gasteiger charge is 2.29. The fourth-order valence-corrected chi connectivity index (χ4v) is 4.51. The molecule has 2 aromatic carbocycles. The second kappa shape index (κ2) is 7.64. The van der Waals surface area contributed by atoms with Gasteiger partial charge in [0.05, 0.1) is 6.04 Å². The van der Waals surface area contributed by atoms with Crippen LogP contribution in [0.15, 0.2) is 48.5 Å². The first-order chi connectivity index (χ1) is 13.1. The van der Waals surface area contributed by atoms with Crippen LogP contribution in [0, 0.1) is 5.82 Å². The minimum atomic E-state index is -0.212. The number of anilines is 2. The molecule has 1 unspecified atom stereocenters. The largest absolute Gasteiger partial charge is 0.378 e. The number of hydrogen-bond acceptors (Lipinski definition) is 5. The number of aromatic nitrogens is 2. The highest BCUT2D eigenvalue weighted by atomic mass is 32.1. The second-order valence-corrected chi connectivity index (χ2v) is 8.16. The van der Waals surface area contributed by atoms with E-state index in [4.69, 9.17) is 0 Å². The number of halogens is 1. The lowest BCUT2D eigenvalue weighted by Crippen LogP contribution is -2.22. The Hall–Kier alpha value is -2.47. The molecule has 1 fully saturated rings. The van der Waals surface area contributed by atoms with Crippen molar-refractivity contribution in [3.05, 3.63) is 70.5 Å². The minimum Gasteiger partial charge on any atom is -0.378 e. The van der Waals surface area contributed by atoms with Crippen LogP contribution in [0.5, 0.6) is 0 Å². The first-order valence-electron chi connectivity index (χ1n) is 9.21. The van der Waals surface area contributed by atoms with Crippen molar-refractivity contribution in [2.24, 2.45) is 0 Å². The van der Waals surface area contributed by atoms with Crippen LogP contribution in [0.1, 0.15) is 35.0 Å². The fourth-order valence-electron chi connectivity index (χ4n) is 3.56. The molecule has 6 heteroatoms. The molecule has 1 atom stereocenters. The molecule has 0 amide bonds. The van der Waals surface area contributed by atoms with Gasteiger partial charge in [0, 0.05) is 32.7 Å². The van der Waals surface area contributed by atoms with E-state index in [0.29, 0.717) is 12.5 Å². The Balaban J connectivity index is 1.53. The summed E-state index contributed by atoms with van der Waals surface area (Å²) in [5, 5.41) is 10.8. The maximum atomic E-state index is 13.1. The molecule has 0 bridgehead atoms. The molecule has 1 aliphatic heterocycles. The summed E-state index contributed by atoms with van der Waals surface area (Å²) in [6, 6.07) is 15.7. The smallest absolute Gasteiger partial charge is 0.208 e. The number of nitrogens with zero attached hydrogens (tertiary/aromatic N) is 4. The summed E-state index contributed by atoms with van der Waals surface area (Å²) in [5.41, 5.74) is 3.60. The molecule has 27 heavy (non-hydrogen) atoms. The van der Waals surface area contributed by atoms with Crippen molar-refractivity contribution in [3.63, 3.8) is 0 Å². The van der Waals surface area contributed by atoms with Gasteiger partial charge in [0.15, 0.2) is 0 Å². The summed E-state index contributed by atoms with van der Waals surface area (Å²) in [7, 11) is 4.13. The van der Waals surface area contributed by atoms with Gasteiger partial charge in [-0.2, -0.15) is 0 Å². The van der Waals surface area contributed by atoms with Crippen LogP contribution in [-0.4, -0.2) is 30.8 Å². The van der Waals surface area contributed by atoms with Gasteiger partial charge >= 0.3 is 0 Å². The first-order valence-corrected chi connectivity index (χ1v) is 10.0. The summed E-state index contributed by atoms with van der Waals surface area (Å²) >= 11 is 1.64. The van der Waals surface area contributed by atoms with Crippen LogP contribution in [0.2, 0.25) is 0 Å². The van der Waals surface area contributed by atoms with Crippen molar-refractivity contribution in [2.45, 2.75) is 25.3 Å². The van der Waals surface area contributed by atoms with Gasteiger partial charge < -0.3 is 9.80 Å². The van der Waals surface area contributed by atoms with E-state index in [9.17, 15) is 4.39 Å². The number of hydrogen-bond donors (Lipinski definition) is 0. The summed E-state index contributed by atoms with van der Waals surface area (Å²) in [4.78, 5) is 4.51. The predicted octanol–water partition coefficient (Wildman–Crippen LogP) is 4.68. The third-order valence-electron chi connectivity index (χ3n) is 4.99. The van der Waals surface area contributed by atoms with Gasteiger partial charge in [-0.1, -0.05) is 35.6 Å². The maximum Gasteiger partial charge on any atom is 0.208 e. The molecule has 4 nitrogen and oxygen atoms in total. The van der Waals surface area contributed by atoms with Crippen molar-refractivity contribution >= 4 is 22.2 Å². The molecule has 1 saturated heterocycles. The monoisotopic (exact) mass is 382 g/mol. The van der Waals surface area contributed by atoms with Gasteiger partial charge in [-0.3, -0.25) is 0 Å². The van der Waals surface area contributed by atoms with Gasteiger partial charge in [0.2, 0.25) is 5.13 Å². The van der Waals surface area contributed by atoms with Crippen molar-refractivity contribution in [3.8, 4) is 0 Å². The third-order valence-corrected chi connectivity index (χ3v) is 5.96. The average Bonchev–Trinajstić information content (AvgIpc) is 3.33. The Labute approximate surface area is 163 Å². The molecule has 140 valence electrons. The van der Waals surface area contributed by atoms with Crippen LogP contribution in [-0.2, 0) is 6.42 Å². The Morgan fingerprint density at radius 1 is 1.15 bits per heavy atom. The molecule has 2 heterocycles. The molecule has 0 spiro atoms. The van der Waals surface area contributed by atoms with Crippen molar-refractivity contribution < 1.29 is 4.39 Å². The van der Waals surface area contributed by atoms with Gasteiger partial charge in [-0.05, 0) is 48.2 Å². The molecule has 3 aromatic rings. The van der Waals surface area contributed by atoms with Gasteiger partial charge in [0.1, 0.15) is 10.8 Å². The summed E-state index contributed by atoms with van der Waals surface area (Å²) in [5.74, 6) is -0.212. The normalized spacial score (nSPS) is 16.7. The lowest BCUT2D eigenvalue weighted by Gasteiger charge is -2.25. The van der Waals surface area contributed by atoms with Crippen LogP contribution < -0.4 is 9.80 Å². The molecule has 1 aliphatic rings. The zero-order chi connectivity index (χ0) is 18.8. The average molecular weight is 383 g/mol. The van der Waals surface area contributed by atoms with E-state index in [0.717, 1.165) is 35.1 Å². The molecule has 1 aromatic heterocycles. The zero-order valence-electron chi connectivity index (χ0n) is 15.6. The molecule has 4 rings (SSSR count). The SMILES string of the molecule is CN(C)c1cccc(C2CCCN2c2nnc(Cc3ccc(F)cc3)s2)c1. The molecular weight excluding hydrogens is 359 g/mol. The van der Waals surface area contributed by atoms with Crippen LogP contribution >= 0.6 is 11.3 Å².